The third-order valence-corrected chi connectivity index (χ3v) is 5.84. The van der Waals surface area contributed by atoms with Crippen LogP contribution in [0.2, 0.25) is 0 Å². The molecule has 2 N–H and O–H groups in total. The molecule has 0 bridgehead atoms. The number of nitrogens with zero attached hydrogens (tertiary/aromatic N) is 2. The fourth-order valence-corrected chi connectivity index (χ4v) is 3.56. The molecule has 1 aromatic rings. The molecule has 0 saturated carbocycles. The number of rotatable bonds is 6. The summed E-state index contributed by atoms with van der Waals surface area (Å²) in [6.45, 7) is 0.393. The molecule has 1 aromatic carbocycles. The quantitative estimate of drug-likeness (QED) is 0.741. The number of hydrogen-bond acceptors (Lipinski definition) is 4. The fourth-order valence-electron chi connectivity index (χ4n) is 2.69. The lowest BCUT2D eigenvalue weighted by atomic mass is 10.0. The molecule has 1 amide bonds. The van der Waals surface area contributed by atoms with Crippen LogP contribution in [0.3, 0.4) is 0 Å². The minimum Gasteiger partial charge on any atom is -0.390 e. The van der Waals surface area contributed by atoms with Crippen molar-refractivity contribution in [2.75, 3.05) is 27.2 Å². The number of likely N-dealkylation sites (tertiary alicyclic amines) is 1. The van der Waals surface area contributed by atoms with Gasteiger partial charge in [0.15, 0.2) is 0 Å². The van der Waals surface area contributed by atoms with Gasteiger partial charge in [-0.2, -0.15) is 17.4 Å². The highest BCUT2D eigenvalue weighted by Gasteiger charge is 2.33. The first kappa shape index (κ1) is 19.8. The second kappa shape index (κ2) is 8.22. The molecule has 0 spiro atoms. The number of aryl methyl sites for hydroxylation is 1. The molecule has 0 aromatic heterocycles. The molecular weight excluding hydrogens is 349 g/mol. The first-order chi connectivity index (χ1) is 11.7. The van der Waals surface area contributed by atoms with Crippen LogP contribution in [0.1, 0.15) is 18.4 Å². The molecule has 1 saturated heterocycles. The van der Waals surface area contributed by atoms with Crippen molar-refractivity contribution < 1.29 is 22.7 Å². The number of halogens is 1. The van der Waals surface area contributed by atoms with E-state index in [1.165, 1.54) is 25.1 Å². The number of aliphatic hydroxyl groups is 1. The summed E-state index contributed by atoms with van der Waals surface area (Å²) in [6.07, 6.45) is -0.239. The third-order valence-electron chi connectivity index (χ3n) is 4.28. The van der Waals surface area contributed by atoms with Gasteiger partial charge in [-0.15, -0.1) is 0 Å². The summed E-state index contributed by atoms with van der Waals surface area (Å²) in [4.78, 5) is 13.8. The summed E-state index contributed by atoms with van der Waals surface area (Å²) in [5.74, 6) is -0.525. The first-order valence-electron chi connectivity index (χ1n) is 8.09. The molecule has 2 unspecified atom stereocenters. The average Bonchev–Trinajstić information content (AvgIpc) is 2.55. The molecule has 7 nitrogen and oxygen atoms in total. The van der Waals surface area contributed by atoms with E-state index in [-0.39, 0.29) is 31.1 Å². The Kier molecular flexibility index (Phi) is 6.50. The van der Waals surface area contributed by atoms with Crippen molar-refractivity contribution in [2.24, 2.45) is 0 Å². The van der Waals surface area contributed by atoms with Crippen molar-refractivity contribution in [1.82, 2.24) is 13.9 Å². The predicted molar refractivity (Wildman–Crippen MR) is 91.5 cm³/mol. The smallest absolute Gasteiger partial charge is 0.279 e. The van der Waals surface area contributed by atoms with Crippen LogP contribution in [0, 0.1) is 5.82 Å². The van der Waals surface area contributed by atoms with Crippen molar-refractivity contribution in [3.05, 3.63) is 35.6 Å². The molecule has 1 aliphatic heterocycles. The number of carbonyl (C=O) groups is 1. The van der Waals surface area contributed by atoms with E-state index in [1.54, 1.807) is 18.2 Å². The van der Waals surface area contributed by atoms with Gasteiger partial charge in [0.25, 0.3) is 10.2 Å². The Morgan fingerprint density at radius 2 is 2.08 bits per heavy atom. The van der Waals surface area contributed by atoms with Crippen LogP contribution in [0.5, 0.6) is 0 Å². The van der Waals surface area contributed by atoms with Gasteiger partial charge in [0.2, 0.25) is 5.91 Å². The van der Waals surface area contributed by atoms with E-state index < -0.39 is 22.4 Å². The number of benzene rings is 1. The van der Waals surface area contributed by atoms with E-state index in [9.17, 15) is 22.7 Å². The van der Waals surface area contributed by atoms with Crippen LogP contribution in [0.15, 0.2) is 24.3 Å². The zero-order valence-electron chi connectivity index (χ0n) is 14.4. The minimum atomic E-state index is -3.64. The maximum absolute atomic E-state index is 13.6. The van der Waals surface area contributed by atoms with Gasteiger partial charge in [-0.25, -0.2) is 4.39 Å². The highest BCUT2D eigenvalue weighted by Crippen LogP contribution is 2.15. The molecule has 25 heavy (non-hydrogen) atoms. The van der Waals surface area contributed by atoms with E-state index >= 15 is 0 Å². The topological polar surface area (TPSA) is 90.0 Å². The summed E-state index contributed by atoms with van der Waals surface area (Å²) in [5, 5.41) is 10.2. The van der Waals surface area contributed by atoms with Crippen molar-refractivity contribution in [2.45, 2.75) is 31.4 Å². The lowest BCUT2D eigenvalue weighted by Crippen LogP contribution is -2.56. The van der Waals surface area contributed by atoms with Crippen LogP contribution < -0.4 is 4.72 Å². The second-order valence-corrected chi connectivity index (χ2v) is 8.22. The lowest BCUT2D eigenvalue weighted by molar-refractivity contribution is -0.134. The zero-order chi connectivity index (χ0) is 18.6. The van der Waals surface area contributed by atoms with Gasteiger partial charge in [-0.05, 0) is 24.5 Å². The molecule has 9 heteroatoms. The number of hydrogen-bond donors (Lipinski definition) is 2. The summed E-state index contributed by atoms with van der Waals surface area (Å²) >= 11 is 0. The summed E-state index contributed by atoms with van der Waals surface area (Å²) in [5.41, 5.74) is 0.477. The number of carbonyl (C=O) groups excluding carboxylic acids is 1. The standard InChI is InChI=1S/C16H24FN3O4S/c1-19(2)25(23,24)18-14-9-10-20(11-15(14)21)16(22)8-7-12-5-3-4-6-13(12)17/h3-6,14-15,18,21H,7-11H2,1-2H3. The van der Waals surface area contributed by atoms with Gasteiger partial charge in [0.1, 0.15) is 5.82 Å². The molecule has 140 valence electrons. The Balaban J connectivity index is 1.87. The molecule has 0 radical (unpaired) electrons. The van der Waals surface area contributed by atoms with Crippen molar-refractivity contribution in [1.29, 1.82) is 0 Å². The Hall–Kier alpha value is -1.55. The molecule has 1 heterocycles. The van der Waals surface area contributed by atoms with Crippen LogP contribution >= 0.6 is 0 Å². The Morgan fingerprint density at radius 1 is 1.40 bits per heavy atom. The van der Waals surface area contributed by atoms with E-state index in [0.717, 1.165) is 4.31 Å². The zero-order valence-corrected chi connectivity index (χ0v) is 15.2. The highest BCUT2D eigenvalue weighted by atomic mass is 32.2. The van der Waals surface area contributed by atoms with Crippen LogP contribution in [0.25, 0.3) is 0 Å². The summed E-state index contributed by atoms with van der Waals surface area (Å²) in [6, 6.07) is 5.67. The van der Waals surface area contributed by atoms with Crippen LogP contribution in [-0.2, 0) is 21.4 Å². The molecule has 1 aliphatic rings. The van der Waals surface area contributed by atoms with Crippen molar-refractivity contribution in [3.8, 4) is 0 Å². The van der Waals surface area contributed by atoms with E-state index in [2.05, 4.69) is 4.72 Å². The third kappa shape index (κ3) is 5.21. The molecule has 1 fully saturated rings. The first-order valence-corrected chi connectivity index (χ1v) is 9.53. The van der Waals surface area contributed by atoms with Crippen LogP contribution in [-0.4, -0.2) is 68.0 Å². The molecule has 0 aliphatic carbocycles. The predicted octanol–water partition coefficient (Wildman–Crippen LogP) is 0.116. The Labute approximate surface area is 147 Å². The Bertz CT molecular complexity index is 711. The van der Waals surface area contributed by atoms with Gasteiger partial charge in [-0.3, -0.25) is 4.79 Å². The maximum Gasteiger partial charge on any atom is 0.279 e. The SMILES string of the molecule is CN(C)S(=O)(=O)NC1CCN(C(=O)CCc2ccccc2F)CC1O. The van der Waals surface area contributed by atoms with E-state index in [0.29, 0.717) is 18.5 Å². The summed E-state index contributed by atoms with van der Waals surface area (Å²) in [7, 11) is -0.843. The van der Waals surface area contributed by atoms with Gasteiger partial charge in [-0.1, -0.05) is 18.2 Å². The van der Waals surface area contributed by atoms with Crippen LogP contribution in [0.4, 0.5) is 4.39 Å². The number of amides is 1. The normalized spacial score (nSPS) is 21.6. The maximum atomic E-state index is 13.6. The summed E-state index contributed by atoms with van der Waals surface area (Å²) < 4.78 is 40.7. The van der Waals surface area contributed by atoms with Gasteiger partial charge in [0, 0.05) is 33.6 Å². The highest BCUT2D eigenvalue weighted by molar-refractivity contribution is 7.87. The van der Waals surface area contributed by atoms with Gasteiger partial charge in [0.05, 0.1) is 12.1 Å². The lowest BCUT2D eigenvalue weighted by Gasteiger charge is -2.36. The Morgan fingerprint density at radius 3 is 2.68 bits per heavy atom. The largest absolute Gasteiger partial charge is 0.390 e. The van der Waals surface area contributed by atoms with Crippen molar-refractivity contribution in [3.63, 3.8) is 0 Å². The van der Waals surface area contributed by atoms with Gasteiger partial charge < -0.3 is 10.0 Å². The molecular formula is C16H24FN3O4S. The van der Waals surface area contributed by atoms with E-state index in [1.807, 2.05) is 0 Å². The number of piperidine rings is 1. The fraction of sp³-hybridized carbons (Fsp3) is 0.562. The second-order valence-electron chi connectivity index (χ2n) is 6.30. The molecule has 2 atom stereocenters. The van der Waals surface area contributed by atoms with Gasteiger partial charge >= 0.3 is 0 Å². The van der Waals surface area contributed by atoms with E-state index in [4.69, 9.17) is 0 Å². The number of nitrogens with one attached hydrogen (secondary N) is 1. The van der Waals surface area contributed by atoms with Crippen molar-refractivity contribution >= 4 is 16.1 Å². The number of aliphatic hydroxyl groups excluding tert-OH is 1. The minimum absolute atomic E-state index is 0.0523. The molecule has 2 rings (SSSR count). The number of β-amino-alcohol motifs (C(OH)–C–C–N with tert-alkyl or cyclic N) is 1. The monoisotopic (exact) mass is 373 g/mol. The average molecular weight is 373 g/mol.